The molecule has 0 spiro atoms. The first kappa shape index (κ1) is 27.6. The molecule has 1 aromatic rings. The summed E-state index contributed by atoms with van der Waals surface area (Å²) in [7, 11) is 0. The van der Waals surface area contributed by atoms with E-state index in [0.717, 1.165) is 54.8 Å². The van der Waals surface area contributed by atoms with Gasteiger partial charge in [-0.05, 0) is 109 Å². The molecule has 5 rings (SSSR count). The van der Waals surface area contributed by atoms with E-state index in [2.05, 4.69) is 40.7 Å². The Hall–Kier alpha value is -1.97. The molecule has 0 amide bonds. The molecule has 3 saturated carbocycles. The van der Waals surface area contributed by atoms with Crippen LogP contribution in [0.2, 0.25) is 0 Å². The number of benzene rings is 1. The number of nitrogen functional groups attached to an aromatic ring is 2. The van der Waals surface area contributed by atoms with E-state index in [1.54, 1.807) is 23.8 Å². The maximum absolute atomic E-state index is 12.9. The highest BCUT2D eigenvalue weighted by Crippen LogP contribution is 2.67. The zero-order valence-electron chi connectivity index (χ0n) is 24.6. The molecule has 0 saturated heterocycles. The quantitative estimate of drug-likeness (QED) is 0.215. The van der Waals surface area contributed by atoms with Gasteiger partial charge >= 0.3 is 5.97 Å². The third kappa shape index (κ3) is 5.02. The number of nitrogens with two attached hydrogens (primary N) is 2. The van der Waals surface area contributed by atoms with E-state index in [4.69, 9.17) is 16.2 Å². The summed E-state index contributed by atoms with van der Waals surface area (Å²) in [6.07, 6.45) is 16.5. The largest absolute Gasteiger partial charge is 0.458 e. The van der Waals surface area contributed by atoms with Crippen molar-refractivity contribution < 1.29 is 9.53 Å². The molecule has 4 N–H and O–H groups in total. The Labute approximate surface area is 231 Å². The zero-order chi connectivity index (χ0) is 27.2. The number of esters is 1. The Bertz CT molecular complexity index is 1040. The first-order valence-corrected chi connectivity index (χ1v) is 15.6. The second-order valence-electron chi connectivity index (χ2n) is 14.4. The van der Waals surface area contributed by atoms with Gasteiger partial charge in [0.1, 0.15) is 6.10 Å². The molecular formula is C34H52N2O2. The van der Waals surface area contributed by atoms with Crippen LogP contribution in [0.15, 0.2) is 29.8 Å². The summed E-state index contributed by atoms with van der Waals surface area (Å²) >= 11 is 0. The number of hydrogen-bond donors (Lipinski definition) is 2. The molecule has 4 aliphatic rings. The number of carbonyl (C=O) groups excluding carboxylic acids is 1. The molecule has 8 atom stereocenters. The number of anilines is 2. The van der Waals surface area contributed by atoms with Gasteiger partial charge in [-0.25, -0.2) is 4.79 Å². The van der Waals surface area contributed by atoms with Gasteiger partial charge in [0.05, 0.1) is 5.56 Å². The molecule has 210 valence electrons. The van der Waals surface area contributed by atoms with Gasteiger partial charge in [-0.2, -0.15) is 0 Å². The molecule has 0 aromatic heterocycles. The molecule has 3 fully saturated rings. The van der Waals surface area contributed by atoms with Crippen LogP contribution in [0, 0.1) is 46.3 Å². The third-order valence-corrected chi connectivity index (χ3v) is 11.7. The van der Waals surface area contributed by atoms with E-state index in [9.17, 15) is 4.79 Å². The standard InChI is InChI=1S/C34H52N2O2/c1-21(2)7-6-8-22(3)29-11-12-30-28-10-9-24-19-27(38-32(37)23-17-25(35)20-26(36)18-23)13-15-33(24,4)31(28)14-16-34(29,30)5/h9,17-18,20-22,27-31H,6-8,10-16,19,35-36H2,1-5H3/t22-,27+,28?,29-,30?,31?,33+,34-/m1/s1. The van der Waals surface area contributed by atoms with E-state index in [0.29, 0.717) is 22.4 Å². The van der Waals surface area contributed by atoms with Gasteiger partial charge < -0.3 is 16.2 Å². The van der Waals surface area contributed by atoms with Crippen LogP contribution in [0.5, 0.6) is 0 Å². The SMILES string of the molecule is CC(C)CCC[C@@H](C)[C@H]1CCC2C3CC=C4C[C@@H](OC(=O)c5cc(N)cc(N)c5)CC[C@]4(C)C3CC[C@@]21C. The second-order valence-corrected chi connectivity index (χ2v) is 14.4. The molecule has 4 nitrogen and oxygen atoms in total. The van der Waals surface area contributed by atoms with E-state index >= 15 is 0 Å². The number of rotatable bonds is 7. The molecule has 0 radical (unpaired) electrons. The van der Waals surface area contributed by atoms with Crippen LogP contribution in [0.25, 0.3) is 0 Å². The van der Waals surface area contributed by atoms with Crippen molar-refractivity contribution >= 4 is 17.3 Å². The lowest BCUT2D eigenvalue weighted by atomic mass is 9.47. The minimum Gasteiger partial charge on any atom is -0.458 e. The normalized spacial score (nSPS) is 37.1. The van der Waals surface area contributed by atoms with Crippen LogP contribution in [0.1, 0.15) is 116 Å². The summed E-state index contributed by atoms with van der Waals surface area (Å²) in [5, 5.41) is 0. The van der Waals surface area contributed by atoms with Gasteiger partial charge in [0, 0.05) is 17.8 Å². The van der Waals surface area contributed by atoms with Crippen LogP contribution in [0.3, 0.4) is 0 Å². The van der Waals surface area contributed by atoms with Gasteiger partial charge in [0.15, 0.2) is 0 Å². The summed E-state index contributed by atoms with van der Waals surface area (Å²) < 4.78 is 6.00. The monoisotopic (exact) mass is 520 g/mol. The Balaban J connectivity index is 1.25. The van der Waals surface area contributed by atoms with E-state index in [1.165, 1.54) is 51.4 Å². The van der Waals surface area contributed by atoms with Crippen molar-refractivity contribution in [3.63, 3.8) is 0 Å². The van der Waals surface area contributed by atoms with Crippen molar-refractivity contribution in [2.45, 2.75) is 111 Å². The summed E-state index contributed by atoms with van der Waals surface area (Å²) in [5.41, 5.74) is 15.6. The lowest BCUT2D eigenvalue weighted by Gasteiger charge is -2.58. The topological polar surface area (TPSA) is 78.3 Å². The number of allylic oxidation sites excluding steroid dienone is 1. The Morgan fingerprint density at radius 1 is 0.974 bits per heavy atom. The molecule has 0 heterocycles. The third-order valence-electron chi connectivity index (χ3n) is 11.7. The number of carbonyl (C=O) groups is 1. The van der Waals surface area contributed by atoms with Gasteiger partial charge in [-0.15, -0.1) is 0 Å². The average molecular weight is 521 g/mol. The molecular weight excluding hydrogens is 468 g/mol. The number of ether oxygens (including phenoxy) is 1. The van der Waals surface area contributed by atoms with Crippen molar-refractivity contribution in [1.29, 1.82) is 0 Å². The predicted octanol–water partition coefficient (Wildman–Crippen LogP) is 8.42. The molecule has 38 heavy (non-hydrogen) atoms. The number of hydrogen-bond acceptors (Lipinski definition) is 4. The Kier molecular flexibility index (Phi) is 7.66. The van der Waals surface area contributed by atoms with Crippen molar-refractivity contribution in [2.75, 3.05) is 11.5 Å². The predicted molar refractivity (Wildman–Crippen MR) is 158 cm³/mol. The van der Waals surface area contributed by atoms with Crippen molar-refractivity contribution in [3.8, 4) is 0 Å². The lowest BCUT2D eigenvalue weighted by molar-refractivity contribution is -0.0594. The van der Waals surface area contributed by atoms with Gasteiger partial charge in [0.25, 0.3) is 0 Å². The fourth-order valence-electron chi connectivity index (χ4n) is 9.77. The molecule has 0 bridgehead atoms. The van der Waals surface area contributed by atoms with Gasteiger partial charge in [-0.1, -0.05) is 65.5 Å². The van der Waals surface area contributed by atoms with Crippen LogP contribution in [-0.2, 0) is 4.74 Å². The van der Waals surface area contributed by atoms with Crippen molar-refractivity contribution in [3.05, 3.63) is 35.4 Å². The van der Waals surface area contributed by atoms with Gasteiger partial charge in [-0.3, -0.25) is 0 Å². The van der Waals surface area contributed by atoms with Crippen LogP contribution in [0.4, 0.5) is 11.4 Å². The zero-order valence-corrected chi connectivity index (χ0v) is 24.6. The van der Waals surface area contributed by atoms with Crippen LogP contribution < -0.4 is 11.5 Å². The van der Waals surface area contributed by atoms with E-state index < -0.39 is 0 Å². The Morgan fingerprint density at radius 2 is 1.71 bits per heavy atom. The molecule has 0 aliphatic heterocycles. The smallest absolute Gasteiger partial charge is 0.338 e. The van der Waals surface area contributed by atoms with Crippen LogP contribution >= 0.6 is 0 Å². The van der Waals surface area contributed by atoms with E-state index in [1.807, 2.05) is 0 Å². The lowest BCUT2D eigenvalue weighted by Crippen LogP contribution is -2.51. The van der Waals surface area contributed by atoms with Crippen molar-refractivity contribution in [2.24, 2.45) is 46.3 Å². The molecule has 4 heteroatoms. The first-order chi connectivity index (χ1) is 18.0. The molecule has 4 aliphatic carbocycles. The minimum absolute atomic E-state index is 0.0579. The fraction of sp³-hybridized carbons (Fsp3) is 0.735. The summed E-state index contributed by atoms with van der Waals surface area (Å²) in [6.45, 7) is 12.5. The van der Waals surface area contributed by atoms with Gasteiger partial charge in [0.2, 0.25) is 0 Å². The average Bonchev–Trinajstić information content (AvgIpc) is 3.20. The van der Waals surface area contributed by atoms with E-state index in [-0.39, 0.29) is 17.5 Å². The summed E-state index contributed by atoms with van der Waals surface area (Å²) in [5.74, 6) is 4.74. The minimum atomic E-state index is -0.306. The van der Waals surface area contributed by atoms with Crippen molar-refractivity contribution in [1.82, 2.24) is 0 Å². The molecule has 3 unspecified atom stereocenters. The second kappa shape index (κ2) is 10.5. The highest BCUT2D eigenvalue weighted by atomic mass is 16.5. The fourth-order valence-corrected chi connectivity index (χ4v) is 9.77. The highest BCUT2D eigenvalue weighted by molar-refractivity contribution is 5.91. The first-order valence-electron chi connectivity index (χ1n) is 15.6. The molecule has 1 aromatic carbocycles. The highest BCUT2D eigenvalue weighted by Gasteiger charge is 2.59. The maximum Gasteiger partial charge on any atom is 0.338 e. The van der Waals surface area contributed by atoms with Crippen LogP contribution in [-0.4, -0.2) is 12.1 Å². The summed E-state index contributed by atoms with van der Waals surface area (Å²) in [6, 6.07) is 4.99. The maximum atomic E-state index is 12.9. The number of fused-ring (bicyclic) bond motifs is 5. The Morgan fingerprint density at radius 3 is 2.42 bits per heavy atom. The summed E-state index contributed by atoms with van der Waals surface area (Å²) in [4.78, 5) is 12.9.